The van der Waals surface area contributed by atoms with E-state index in [1.54, 1.807) is 19.1 Å². The quantitative estimate of drug-likeness (QED) is 0.781. The summed E-state index contributed by atoms with van der Waals surface area (Å²) in [6.45, 7) is 6.96. The van der Waals surface area contributed by atoms with Crippen molar-refractivity contribution in [3.05, 3.63) is 28.8 Å². The molecule has 0 amide bonds. The van der Waals surface area contributed by atoms with Gasteiger partial charge in [-0.05, 0) is 51.0 Å². The van der Waals surface area contributed by atoms with E-state index in [4.69, 9.17) is 10.00 Å². The summed E-state index contributed by atoms with van der Waals surface area (Å²) in [4.78, 5) is 11.1. The minimum atomic E-state index is -0.453. The Kier molecular flexibility index (Phi) is 3.68. The van der Waals surface area contributed by atoms with Crippen LogP contribution in [0.5, 0.6) is 5.75 Å². The molecule has 0 aliphatic carbocycles. The molecule has 0 bridgehead atoms. The molecule has 3 nitrogen and oxygen atoms in total. The van der Waals surface area contributed by atoms with Gasteiger partial charge in [-0.15, -0.1) is 0 Å². The molecule has 0 heterocycles. The van der Waals surface area contributed by atoms with Gasteiger partial charge in [-0.1, -0.05) is 0 Å². The topological polar surface area (TPSA) is 50.1 Å². The van der Waals surface area contributed by atoms with Crippen LogP contribution >= 0.6 is 0 Å². The van der Waals surface area contributed by atoms with E-state index in [2.05, 4.69) is 6.07 Å². The van der Waals surface area contributed by atoms with Crippen molar-refractivity contribution in [3.8, 4) is 11.8 Å². The van der Waals surface area contributed by atoms with Gasteiger partial charge in [-0.25, -0.2) is 0 Å². The predicted octanol–water partition coefficient (Wildman–Crippen LogP) is 2.53. The molecular formula is C13H15NO2. The summed E-state index contributed by atoms with van der Waals surface area (Å²) in [5, 5.41) is 8.80. The van der Waals surface area contributed by atoms with Crippen LogP contribution < -0.4 is 4.74 Å². The zero-order chi connectivity index (χ0) is 12.3. The molecule has 0 N–H and O–H groups in total. The number of hydrogen-bond acceptors (Lipinski definition) is 3. The van der Waals surface area contributed by atoms with Crippen molar-refractivity contribution in [2.75, 3.05) is 0 Å². The van der Waals surface area contributed by atoms with Crippen LogP contribution in [0.1, 0.15) is 30.5 Å². The molecule has 0 aliphatic rings. The van der Waals surface area contributed by atoms with Crippen LogP contribution in [0.4, 0.5) is 0 Å². The van der Waals surface area contributed by atoms with Gasteiger partial charge in [0.2, 0.25) is 0 Å². The summed E-state index contributed by atoms with van der Waals surface area (Å²) in [5.74, 6) is 0.685. The molecule has 0 saturated carbocycles. The maximum Gasteiger partial charge on any atom is 0.169 e. The molecule has 0 spiro atoms. The lowest BCUT2D eigenvalue weighted by Gasteiger charge is -2.16. The molecule has 1 aromatic rings. The van der Waals surface area contributed by atoms with Crippen LogP contribution in [0.2, 0.25) is 0 Å². The fourth-order valence-electron chi connectivity index (χ4n) is 1.46. The third-order valence-corrected chi connectivity index (χ3v) is 2.46. The van der Waals surface area contributed by atoms with E-state index >= 15 is 0 Å². The van der Waals surface area contributed by atoms with Crippen molar-refractivity contribution in [3.63, 3.8) is 0 Å². The summed E-state index contributed by atoms with van der Waals surface area (Å²) < 4.78 is 5.58. The van der Waals surface area contributed by atoms with Crippen molar-refractivity contribution in [2.24, 2.45) is 0 Å². The highest BCUT2D eigenvalue weighted by molar-refractivity contribution is 5.80. The van der Waals surface area contributed by atoms with Crippen LogP contribution in [0, 0.1) is 25.2 Å². The highest BCUT2D eigenvalue weighted by atomic mass is 16.5. The summed E-state index contributed by atoms with van der Waals surface area (Å²) in [6, 6.07) is 5.61. The van der Waals surface area contributed by atoms with E-state index in [-0.39, 0.29) is 5.78 Å². The van der Waals surface area contributed by atoms with Crippen LogP contribution in [-0.2, 0) is 4.79 Å². The third kappa shape index (κ3) is 2.60. The van der Waals surface area contributed by atoms with Crippen molar-refractivity contribution in [2.45, 2.75) is 33.8 Å². The van der Waals surface area contributed by atoms with Gasteiger partial charge in [0.15, 0.2) is 11.9 Å². The predicted molar refractivity (Wildman–Crippen MR) is 61.4 cm³/mol. The Balaban J connectivity index is 3.07. The molecule has 16 heavy (non-hydrogen) atoms. The van der Waals surface area contributed by atoms with Gasteiger partial charge in [0, 0.05) is 0 Å². The standard InChI is InChI=1S/C13H15NO2/c1-8-5-12(7-14)6-9(2)13(8)16-11(4)10(3)15/h5-6,11H,1-4H3. The third-order valence-electron chi connectivity index (χ3n) is 2.46. The van der Waals surface area contributed by atoms with Gasteiger partial charge < -0.3 is 4.74 Å². The van der Waals surface area contributed by atoms with Gasteiger partial charge in [0.1, 0.15) is 5.75 Å². The van der Waals surface area contributed by atoms with Crippen molar-refractivity contribution in [1.29, 1.82) is 5.26 Å². The van der Waals surface area contributed by atoms with E-state index in [0.717, 1.165) is 11.1 Å². The molecule has 1 rings (SSSR count). The van der Waals surface area contributed by atoms with E-state index in [1.807, 2.05) is 13.8 Å². The number of Topliss-reactive ketones (excluding diaryl/α,β-unsaturated/α-hetero) is 1. The van der Waals surface area contributed by atoms with E-state index < -0.39 is 6.10 Å². The molecule has 3 heteroatoms. The first-order valence-corrected chi connectivity index (χ1v) is 5.14. The Hall–Kier alpha value is -1.82. The normalized spacial score (nSPS) is 11.7. The minimum Gasteiger partial charge on any atom is -0.482 e. The Morgan fingerprint density at radius 3 is 2.25 bits per heavy atom. The van der Waals surface area contributed by atoms with Crippen molar-refractivity contribution >= 4 is 5.78 Å². The highest BCUT2D eigenvalue weighted by Crippen LogP contribution is 2.25. The number of nitrogens with zero attached hydrogens (tertiary/aromatic N) is 1. The van der Waals surface area contributed by atoms with Gasteiger partial charge in [0.25, 0.3) is 0 Å². The van der Waals surface area contributed by atoms with E-state index in [9.17, 15) is 4.79 Å². The number of rotatable bonds is 3. The molecule has 1 atom stereocenters. The van der Waals surface area contributed by atoms with Crippen LogP contribution in [0.15, 0.2) is 12.1 Å². The molecule has 1 aromatic carbocycles. The second-order valence-electron chi connectivity index (χ2n) is 3.92. The lowest BCUT2D eigenvalue weighted by Crippen LogP contribution is -2.21. The summed E-state index contributed by atoms with van der Waals surface area (Å²) >= 11 is 0. The molecule has 0 saturated heterocycles. The molecule has 84 valence electrons. The highest BCUT2D eigenvalue weighted by Gasteiger charge is 2.13. The summed E-state index contributed by atoms with van der Waals surface area (Å²) in [7, 11) is 0. The van der Waals surface area contributed by atoms with E-state index in [0.29, 0.717) is 11.3 Å². The Morgan fingerprint density at radius 2 is 1.88 bits per heavy atom. The zero-order valence-corrected chi connectivity index (χ0v) is 10.00. The SMILES string of the molecule is CC(=O)C(C)Oc1c(C)cc(C#N)cc1C. The second-order valence-corrected chi connectivity index (χ2v) is 3.92. The van der Waals surface area contributed by atoms with Crippen LogP contribution in [0.3, 0.4) is 0 Å². The van der Waals surface area contributed by atoms with Crippen molar-refractivity contribution < 1.29 is 9.53 Å². The molecule has 0 fully saturated rings. The monoisotopic (exact) mass is 217 g/mol. The number of hydrogen-bond donors (Lipinski definition) is 0. The number of benzene rings is 1. The average molecular weight is 217 g/mol. The Bertz CT molecular complexity index is 434. The van der Waals surface area contributed by atoms with Gasteiger partial charge in [-0.2, -0.15) is 5.26 Å². The number of aryl methyl sites for hydroxylation is 2. The van der Waals surface area contributed by atoms with Gasteiger partial charge in [-0.3, -0.25) is 4.79 Å². The van der Waals surface area contributed by atoms with Gasteiger partial charge in [0.05, 0.1) is 11.6 Å². The number of carbonyl (C=O) groups excluding carboxylic acids is 1. The van der Waals surface area contributed by atoms with Crippen LogP contribution in [-0.4, -0.2) is 11.9 Å². The fraction of sp³-hybridized carbons (Fsp3) is 0.385. The maximum absolute atomic E-state index is 11.1. The summed E-state index contributed by atoms with van der Waals surface area (Å²) in [6.07, 6.45) is -0.453. The molecule has 0 radical (unpaired) electrons. The first-order chi connectivity index (χ1) is 7.45. The van der Waals surface area contributed by atoms with E-state index in [1.165, 1.54) is 6.92 Å². The largest absolute Gasteiger partial charge is 0.482 e. The van der Waals surface area contributed by atoms with Crippen molar-refractivity contribution in [1.82, 2.24) is 0 Å². The molecule has 1 unspecified atom stereocenters. The van der Waals surface area contributed by atoms with Gasteiger partial charge >= 0.3 is 0 Å². The molecular weight excluding hydrogens is 202 g/mol. The Labute approximate surface area is 95.7 Å². The minimum absolute atomic E-state index is 0.0110. The maximum atomic E-state index is 11.1. The number of ketones is 1. The van der Waals surface area contributed by atoms with Crippen LogP contribution in [0.25, 0.3) is 0 Å². The number of nitriles is 1. The average Bonchev–Trinajstić information content (AvgIpc) is 2.22. The second kappa shape index (κ2) is 4.80. The zero-order valence-electron chi connectivity index (χ0n) is 10.00. The molecule has 0 aromatic heterocycles. The lowest BCUT2D eigenvalue weighted by molar-refractivity contribution is -0.122. The summed E-state index contributed by atoms with van der Waals surface area (Å²) in [5.41, 5.74) is 2.37. The molecule has 0 aliphatic heterocycles. The smallest absolute Gasteiger partial charge is 0.169 e. The fourth-order valence-corrected chi connectivity index (χ4v) is 1.46. The number of carbonyl (C=O) groups is 1. The number of ether oxygens (including phenoxy) is 1. The first kappa shape index (κ1) is 12.3. The Morgan fingerprint density at radius 1 is 1.38 bits per heavy atom. The first-order valence-electron chi connectivity index (χ1n) is 5.14. The lowest BCUT2D eigenvalue weighted by atomic mass is 10.1.